The molecule has 1 N–H and O–H groups in total. The molecular formula is C18H15F3N4O3. The summed E-state index contributed by atoms with van der Waals surface area (Å²) in [5, 5.41) is 5.90. The standard InChI is InChI=1S/C18H15F3N4O3/c1-11-2-3-13(9-22-11)10-27-17(26)23-8-12-4-6-14(7-5-12)15-24-16(28-25-15)18(19,20)21/h2-7,9H,8,10H2,1H3,(H,23,26). The second-order valence-electron chi connectivity index (χ2n) is 5.86. The van der Waals surface area contributed by atoms with Crippen LogP contribution in [0.1, 0.15) is 22.7 Å². The molecule has 10 heteroatoms. The van der Waals surface area contributed by atoms with Gasteiger partial charge in [0.2, 0.25) is 5.82 Å². The van der Waals surface area contributed by atoms with Gasteiger partial charge in [-0.3, -0.25) is 4.98 Å². The monoisotopic (exact) mass is 392 g/mol. The van der Waals surface area contributed by atoms with Crippen molar-refractivity contribution >= 4 is 6.09 Å². The Balaban J connectivity index is 1.50. The zero-order valence-electron chi connectivity index (χ0n) is 14.7. The zero-order chi connectivity index (χ0) is 20.1. The molecule has 0 aliphatic rings. The van der Waals surface area contributed by atoms with Crippen molar-refractivity contribution in [1.29, 1.82) is 0 Å². The van der Waals surface area contributed by atoms with E-state index >= 15 is 0 Å². The molecule has 1 aromatic carbocycles. The number of nitrogens with one attached hydrogen (secondary N) is 1. The van der Waals surface area contributed by atoms with Gasteiger partial charge in [0.25, 0.3) is 0 Å². The summed E-state index contributed by atoms with van der Waals surface area (Å²) in [5.41, 5.74) is 2.71. The number of halogens is 3. The summed E-state index contributed by atoms with van der Waals surface area (Å²) in [4.78, 5) is 19.2. The van der Waals surface area contributed by atoms with Crippen LogP contribution < -0.4 is 5.32 Å². The van der Waals surface area contributed by atoms with Crippen molar-refractivity contribution in [3.63, 3.8) is 0 Å². The molecule has 0 saturated heterocycles. The van der Waals surface area contributed by atoms with Crippen LogP contribution in [0.25, 0.3) is 11.4 Å². The van der Waals surface area contributed by atoms with E-state index in [0.717, 1.165) is 16.8 Å². The highest BCUT2D eigenvalue weighted by atomic mass is 19.4. The molecule has 3 aromatic rings. The number of aromatic nitrogens is 3. The molecule has 0 radical (unpaired) electrons. The Labute approximate surface area is 157 Å². The molecule has 0 spiro atoms. The van der Waals surface area contributed by atoms with E-state index in [1.165, 1.54) is 12.1 Å². The second-order valence-corrected chi connectivity index (χ2v) is 5.86. The molecule has 0 bridgehead atoms. The Kier molecular flexibility index (Phi) is 5.57. The number of amides is 1. The smallest absolute Gasteiger partial charge is 0.445 e. The van der Waals surface area contributed by atoms with Crippen molar-refractivity contribution in [3.8, 4) is 11.4 Å². The fourth-order valence-electron chi connectivity index (χ4n) is 2.19. The normalized spacial score (nSPS) is 11.3. The molecule has 0 unspecified atom stereocenters. The Morgan fingerprint density at radius 3 is 2.46 bits per heavy atom. The third-order valence-electron chi connectivity index (χ3n) is 3.66. The van der Waals surface area contributed by atoms with E-state index in [1.54, 1.807) is 18.3 Å². The summed E-state index contributed by atoms with van der Waals surface area (Å²) in [6.45, 7) is 2.14. The highest BCUT2D eigenvalue weighted by Gasteiger charge is 2.38. The first-order chi connectivity index (χ1) is 13.3. The molecule has 0 atom stereocenters. The van der Waals surface area contributed by atoms with E-state index in [4.69, 9.17) is 4.74 Å². The number of pyridine rings is 1. The van der Waals surface area contributed by atoms with Crippen LogP contribution in [0.4, 0.5) is 18.0 Å². The SMILES string of the molecule is Cc1ccc(COC(=O)NCc2ccc(-c3noc(C(F)(F)F)n3)cc2)cn1. The van der Waals surface area contributed by atoms with E-state index in [1.807, 2.05) is 19.1 Å². The van der Waals surface area contributed by atoms with E-state index in [-0.39, 0.29) is 19.0 Å². The van der Waals surface area contributed by atoms with Crippen LogP contribution in [0.3, 0.4) is 0 Å². The first kappa shape index (κ1) is 19.3. The van der Waals surface area contributed by atoms with Crippen molar-refractivity contribution in [1.82, 2.24) is 20.4 Å². The van der Waals surface area contributed by atoms with Crippen LogP contribution in [0.15, 0.2) is 47.1 Å². The number of ether oxygens (including phenoxy) is 1. The lowest BCUT2D eigenvalue weighted by Gasteiger charge is -2.07. The molecule has 0 fully saturated rings. The number of carbonyl (C=O) groups is 1. The van der Waals surface area contributed by atoms with Crippen molar-refractivity contribution < 1.29 is 27.2 Å². The number of carbonyl (C=O) groups excluding carboxylic acids is 1. The summed E-state index contributed by atoms with van der Waals surface area (Å²) in [5.74, 6) is -1.57. The van der Waals surface area contributed by atoms with Crippen LogP contribution in [-0.2, 0) is 24.1 Å². The van der Waals surface area contributed by atoms with E-state index < -0.39 is 18.2 Å². The molecule has 7 nitrogen and oxygen atoms in total. The van der Waals surface area contributed by atoms with Crippen molar-refractivity contribution in [3.05, 3.63) is 65.3 Å². The van der Waals surface area contributed by atoms with Gasteiger partial charge in [-0.1, -0.05) is 35.5 Å². The summed E-state index contributed by atoms with van der Waals surface area (Å²) >= 11 is 0. The fourth-order valence-corrected chi connectivity index (χ4v) is 2.19. The average Bonchev–Trinajstić information content (AvgIpc) is 3.17. The number of hydrogen-bond donors (Lipinski definition) is 1. The maximum absolute atomic E-state index is 12.5. The van der Waals surface area contributed by atoms with Crippen molar-refractivity contribution in [2.75, 3.05) is 0 Å². The Morgan fingerprint density at radius 1 is 1.14 bits per heavy atom. The van der Waals surface area contributed by atoms with E-state index in [2.05, 4.69) is 25.0 Å². The van der Waals surface area contributed by atoms with Gasteiger partial charge in [-0.2, -0.15) is 18.2 Å². The minimum atomic E-state index is -4.69. The van der Waals surface area contributed by atoms with Crippen LogP contribution >= 0.6 is 0 Å². The van der Waals surface area contributed by atoms with E-state index in [0.29, 0.717) is 5.56 Å². The van der Waals surface area contributed by atoms with Crippen molar-refractivity contribution in [2.24, 2.45) is 0 Å². The van der Waals surface area contributed by atoms with Gasteiger partial charge in [0, 0.05) is 29.6 Å². The molecule has 0 saturated carbocycles. The number of benzene rings is 1. The highest BCUT2D eigenvalue weighted by molar-refractivity contribution is 5.67. The lowest BCUT2D eigenvalue weighted by molar-refractivity contribution is -0.159. The molecular weight excluding hydrogens is 377 g/mol. The lowest BCUT2D eigenvalue weighted by Crippen LogP contribution is -2.23. The Bertz CT molecular complexity index is 938. The third kappa shape index (κ3) is 5.06. The topological polar surface area (TPSA) is 90.1 Å². The first-order valence-electron chi connectivity index (χ1n) is 8.13. The third-order valence-corrected chi connectivity index (χ3v) is 3.66. The number of rotatable bonds is 5. The molecule has 146 valence electrons. The molecule has 2 heterocycles. The zero-order valence-corrected chi connectivity index (χ0v) is 14.7. The number of nitrogens with zero attached hydrogens (tertiary/aromatic N) is 3. The molecule has 0 aliphatic carbocycles. The molecule has 28 heavy (non-hydrogen) atoms. The summed E-state index contributed by atoms with van der Waals surface area (Å²) in [6, 6.07) is 9.96. The number of aryl methyl sites for hydroxylation is 1. The van der Waals surface area contributed by atoms with Crippen LogP contribution in [0, 0.1) is 6.92 Å². The van der Waals surface area contributed by atoms with Crippen LogP contribution in [0.5, 0.6) is 0 Å². The van der Waals surface area contributed by atoms with Gasteiger partial charge in [-0.15, -0.1) is 0 Å². The van der Waals surface area contributed by atoms with Gasteiger partial charge in [0.15, 0.2) is 0 Å². The molecule has 0 aliphatic heterocycles. The quantitative estimate of drug-likeness (QED) is 0.709. The average molecular weight is 392 g/mol. The van der Waals surface area contributed by atoms with Crippen LogP contribution in [-0.4, -0.2) is 21.2 Å². The maximum atomic E-state index is 12.5. The largest absolute Gasteiger partial charge is 0.471 e. The predicted molar refractivity (Wildman–Crippen MR) is 90.7 cm³/mol. The maximum Gasteiger partial charge on any atom is 0.471 e. The summed E-state index contributed by atoms with van der Waals surface area (Å²) in [6.07, 6.45) is -3.66. The number of hydrogen-bond acceptors (Lipinski definition) is 6. The fraction of sp³-hybridized carbons (Fsp3) is 0.222. The van der Waals surface area contributed by atoms with Gasteiger partial charge in [-0.25, -0.2) is 4.79 Å². The van der Waals surface area contributed by atoms with Crippen molar-refractivity contribution in [2.45, 2.75) is 26.3 Å². The lowest BCUT2D eigenvalue weighted by atomic mass is 10.1. The second kappa shape index (κ2) is 8.07. The summed E-state index contributed by atoms with van der Waals surface area (Å²) in [7, 11) is 0. The Morgan fingerprint density at radius 2 is 1.86 bits per heavy atom. The minimum Gasteiger partial charge on any atom is -0.445 e. The minimum absolute atomic E-state index is 0.0947. The predicted octanol–water partition coefficient (Wildman–Crippen LogP) is 3.89. The van der Waals surface area contributed by atoms with Gasteiger partial charge < -0.3 is 14.6 Å². The first-order valence-corrected chi connectivity index (χ1v) is 8.13. The van der Waals surface area contributed by atoms with E-state index in [9.17, 15) is 18.0 Å². The van der Waals surface area contributed by atoms with Gasteiger partial charge in [-0.05, 0) is 18.6 Å². The highest BCUT2D eigenvalue weighted by Crippen LogP contribution is 2.29. The number of alkyl carbamates (subject to hydrolysis) is 1. The van der Waals surface area contributed by atoms with Gasteiger partial charge in [0.05, 0.1) is 0 Å². The summed E-state index contributed by atoms with van der Waals surface area (Å²) < 4.78 is 46.8. The van der Waals surface area contributed by atoms with Gasteiger partial charge >= 0.3 is 18.2 Å². The molecule has 3 rings (SSSR count). The molecule has 1 amide bonds. The van der Waals surface area contributed by atoms with Gasteiger partial charge in [0.1, 0.15) is 6.61 Å². The molecule has 2 aromatic heterocycles. The van der Waals surface area contributed by atoms with Crippen LogP contribution in [0.2, 0.25) is 0 Å². The number of alkyl halides is 3. The Hall–Kier alpha value is -3.43.